The van der Waals surface area contributed by atoms with E-state index < -0.39 is 23.7 Å². The first-order valence-electron chi connectivity index (χ1n) is 8.84. The van der Waals surface area contributed by atoms with E-state index in [1.165, 1.54) is 18.2 Å². The highest BCUT2D eigenvalue weighted by atomic mass is 35.5. The molecule has 0 unspecified atom stereocenters. The number of anilines is 2. The Labute approximate surface area is 174 Å². The first-order chi connectivity index (χ1) is 13.7. The molecular weight excluding hydrogens is 432 g/mol. The van der Waals surface area contributed by atoms with Gasteiger partial charge in [0.25, 0.3) is 0 Å². The van der Waals surface area contributed by atoms with Gasteiger partial charge in [-0.25, -0.2) is 14.8 Å². The average Bonchev–Trinajstić information content (AvgIpc) is 3.17. The maximum Gasteiger partial charge on any atom is 0.437 e. The zero-order chi connectivity index (χ0) is 21.0. The highest BCUT2D eigenvalue weighted by Gasteiger charge is 2.38. The second kappa shape index (κ2) is 9.04. The minimum Gasteiger partial charge on any atom is -0.406 e. The summed E-state index contributed by atoms with van der Waals surface area (Å²) in [6, 6.07) is 4.40. The lowest BCUT2D eigenvalue weighted by atomic mass is 10.1. The van der Waals surface area contributed by atoms with E-state index in [1.54, 1.807) is 0 Å². The number of ether oxygens (including phenoxy) is 1. The van der Waals surface area contributed by atoms with E-state index in [2.05, 4.69) is 20.6 Å². The van der Waals surface area contributed by atoms with Crippen LogP contribution < -0.4 is 15.4 Å². The quantitative estimate of drug-likeness (QED) is 0.601. The van der Waals surface area contributed by atoms with E-state index in [1.807, 2.05) is 0 Å². The number of nitrogens with zero attached hydrogens (tertiary/aromatic N) is 2. The third-order valence-electron chi connectivity index (χ3n) is 4.41. The molecule has 3 rings (SSSR count). The predicted molar refractivity (Wildman–Crippen MR) is 103 cm³/mol. The summed E-state index contributed by atoms with van der Waals surface area (Å²) in [6.07, 6.45) is -0.903. The van der Waals surface area contributed by atoms with Gasteiger partial charge >= 0.3 is 12.3 Å². The van der Waals surface area contributed by atoms with Crippen molar-refractivity contribution in [2.45, 2.75) is 31.9 Å². The summed E-state index contributed by atoms with van der Waals surface area (Å²) in [7, 11) is 0. The fourth-order valence-corrected chi connectivity index (χ4v) is 3.29. The Kier molecular flexibility index (Phi) is 6.69. The van der Waals surface area contributed by atoms with Crippen LogP contribution in [0, 0.1) is 5.92 Å². The van der Waals surface area contributed by atoms with Gasteiger partial charge in [0.05, 0.1) is 16.2 Å². The second-order valence-corrected chi connectivity index (χ2v) is 7.39. The zero-order valence-electron chi connectivity index (χ0n) is 15.0. The Hall–Kier alpha value is -2.26. The number of alkyl halides is 3. The van der Waals surface area contributed by atoms with Crippen molar-refractivity contribution in [2.75, 3.05) is 11.9 Å². The van der Waals surface area contributed by atoms with Crippen LogP contribution in [0.25, 0.3) is 0 Å². The predicted octanol–water partition coefficient (Wildman–Crippen LogP) is 5.82. The monoisotopic (exact) mass is 448 g/mol. The highest BCUT2D eigenvalue weighted by molar-refractivity contribution is 6.42. The average molecular weight is 449 g/mol. The Morgan fingerprint density at radius 3 is 2.59 bits per heavy atom. The molecule has 1 aromatic carbocycles. The van der Waals surface area contributed by atoms with Gasteiger partial charge in [-0.15, -0.1) is 0 Å². The molecule has 1 aliphatic carbocycles. The molecule has 0 aliphatic heterocycles. The molecule has 29 heavy (non-hydrogen) atoms. The van der Waals surface area contributed by atoms with Crippen LogP contribution in [0.5, 0.6) is 5.75 Å². The fourth-order valence-electron chi connectivity index (χ4n) is 2.99. The standard InChI is InChI=1S/C18H17Cl2F3N4O2/c19-12-6-5-11(7-13(12)20)26-16-24-9-14(15(27-16)18(21,22)23)29-17(28)25-8-10-3-1-2-4-10/h5-7,9-10H,1-4,8H2,(H,25,28)(H,24,26,27). The van der Waals surface area contributed by atoms with Crippen molar-refractivity contribution in [2.24, 2.45) is 5.92 Å². The molecular formula is C18H17Cl2F3N4O2. The molecule has 1 aliphatic rings. The molecule has 0 bridgehead atoms. The molecule has 2 aromatic rings. The molecule has 156 valence electrons. The maximum absolute atomic E-state index is 13.4. The van der Waals surface area contributed by atoms with Crippen LogP contribution in [-0.4, -0.2) is 22.6 Å². The molecule has 0 spiro atoms. The lowest BCUT2D eigenvalue weighted by molar-refractivity contribution is -0.142. The van der Waals surface area contributed by atoms with E-state index >= 15 is 0 Å². The summed E-state index contributed by atoms with van der Waals surface area (Å²) in [6.45, 7) is 0.359. The number of nitrogens with one attached hydrogen (secondary N) is 2. The number of amides is 1. The van der Waals surface area contributed by atoms with Gasteiger partial charge in [0.15, 0.2) is 11.4 Å². The molecule has 11 heteroatoms. The van der Waals surface area contributed by atoms with Crippen molar-refractivity contribution in [1.29, 1.82) is 0 Å². The van der Waals surface area contributed by atoms with Gasteiger partial charge in [-0.2, -0.15) is 13.2 Å². The Balaban J connectivity index is 1.73. The first kappa shape index (κ1) is 21.4. The Morgan fingerprint density at radius 1 is 1.21 bits per heavy atom. The van der Waals surface area contributed by atoms with Crippen LogP contribution in [0.2, 0.25) is 10.0 Å². The van der Waals surface area contributed by atoms with Crippen LogP contribution in [0.3, 0.4) is 0 Å². The topological polar surface area (TPSA) is 76.1 Å². The van der Waals surface area contributed by atoms with Gasteiger partial charge in [0.1, 0.15) is 0 Å². The minimum absolute atomic E-state index is 0.214. The first-order valence-corrected chi connectivity index (χ1v) is 9.60. The lowest BCUT2D eigenvalue weighted by Crippen LogP contribution is -2.31. The SMILES string of the molecule is O=C(NCC1CCCC1)Oc1cnc(Nc2ccc(Cl)c(Cl)c2)nc1C(F)(F)F. The number of halogens is 5. The number of carbonyl (C=O) groups excluding carboxylic acids is 1. The van der Waals surface area contributed by atoms with Gasteiger partial charge in [-0.05, 0) is 37.0 Å². The smallest absolute Gasteiger partial charge is 0.406 e. The van der Waals surface area contributed by atoms with Crippen LogP contribution in [0.15, 0.2) is 24.4 Å². The van der Waals surface area contributed by atoms with Crippen LogP contribution >= 0.6 is 23.2 Å². The molecule has 1 aromatic heterocycles. The third-order valence-corrected chi connectivity index (χ3v) is 5.15. The summed E-state index contributed by atoms with van der Waals surface area (Å²) in [5.41, 5.74) is -1.03. The molecule has 0 atom stereocenters. The highest BCUT2D eigenvalue weighted by Crippen LogP contribution is 2.35. The molecule has 0 saturated heterocycles. The molecule has 1 heterocycles. The van der Waals surface area contributed by atoms with Gasteiger partial charge in [-0.1, -0.05) is 36.0 Å². The fraction of sp³-hybridized carbons (Fsp3) is 0.389. The van der Waals surface area contributed by atoms with Crippen molar-refractivity contribution < 1.29 is 22.7 Å². The zero-order valence-corrected chi connectivity index (χ0v) is 16.5. The molecule has 2 N–H and O–H groups in total. The second-order valence-electron chi connectivity index (χ2n) is 6.58. The molecule has 6 nitrogen and oxygen atoms in total. The Morgan fingerprint density at radius 2 is 1.93 bits per heavy atom. The van der Waals surface area contributed by atoms with Crippen molar-refractivity contribution >= 4 is 40.9 Å². The van der Waals surface area contributed by atoms with Crippen molar-refractivity contribution in [3.05, 3.63) is 40.1 Å². The number of aromatic nitrogens is 2. The van der Waals surface area contributed by atoms with E-state index in [-0.39, 0.29) is 11.0 Å². The number of benzene rings is 1. The van der Waals surface area contributed by atoms with E-state index in [0.29, 0.717) is 23.2 Å². The summed E-state index contributed by atoms with van der Waals surface area (Å²) in [5, 5.41) is 5.60. The van der Waals surface area contributed by atoms with Gasteiger partial charge in [0.2, 0.25) is 5.95 Å². The van der Waals surface area contributed by atoms with Crippen LogP contribution in [0.4, 0.5) is 29.6 Å². The van der Waals surface area contributed by atoms with E-state index in [0.717, 1.165) is 31.9 Å². The normalized spacial score (nSPS) is 14.7. The maximum atomic E-state index is 13.4. The van der Waals surface area contributed by atoms with Crippen LogP contribution in [-0.2, 0) is 6.18 Å². The number of hydrogen-bond donors (Lipinski definition) is 2. The van der Waals surface area contributed by atoms with Crippen molar-refractivity contribution in [1.82, 2.24) is 15.3 Å². The molecule has 1 fully saturated rings. The van der Waals surface area contributed by atoms with Gasteiger partial charge in [0, 0.05) is 12.2 Å². The number of rotatable bonds is 5. The van der Waals surface area contributed by atoms with Crippen LogP contribution in [0.1, 0.15) is 31.4 Å². The summed E-state index contributed by atoms with van der Waals surface area (Å²) >= 11 is 11.7. The summed E-state index contributed by atoms with van der Waals surface area (Å²) < 4.78 is 45.0. The number of hydrogen-bond acceptors (Lipinski definition) is 5. The molecule has 1 saturated carbocycles. The van der Waals surface area contributed by atoms with Gasteiger partial charge < -0.3 is 15.4 Å². The summed E-state index contributed by atoms with van der Waals surface area (Å²) in [5.74, 6) is -0.797. The number of carbonyl (C=O) groups is 1. The minimum atomic E-state index is -4.85. The third kappa shape index (κ3) is 5.86. The van der Waals surface area contributed by atoms with Gasteiger partial charge in [-0.3, -0.25) is 0 Å². The molecule has 0 radical (unpaired) electrons. The summed E-state index contributed by atoms with van der Waals surface area (Å²) in [4.78, 5) is 19.1. The lowest BCUT2D eigenvalue weighted by Gasteiger charge is -2.15. The largest absolute Gasteiger partial charge is 0.437 e. The van der Waals surface area contributed by atoms with E-state index in [9.17, 15) is 18.0 Å². The van der Waals surface area contributed by atoms with E-state index in [4.69, 9.17) is 27.9 Å². The van der Waals surface area contributed by atoms with Crippen molar-refractivity contribution in [3.8, 4) is 5.75 Å². The van der Waals surface area contributed by atoms with Crippen molar-refractivity contribution in [3.63, 3.8) is 0 Å². The molecule has 1 amide bonds. The Bertz CT molecular complexity index is 890.